The standard InChI is InChI=1S/C12H15ClN2OS/c1-12(16)5-6-15(7-12)9-4-2-3-8(13)10(9)11(14)17/h2-4,16H,5-7H2,1H3,(H2,14,17). The van der Waals surface area contributed by atoms with E-state index in [9.17, 15) is 5.11 Å². The molecule has 2 rings (SSSR count). The minimum Gasteiger partial charge on any atom is -0.389 e. The molecule has 1 aromatic carbocycles. The number of aliphatic hydroxyl groups is 1. The summed E-state index contributed by atoms with van der Waals surface area (Å²) in [7, 11) is 0. The maximum absolute atomic E-state index is 9.99. The Bertz CT molecular complexity index is 462. The van der Waals surface area contributed by atoms with E-state index in [2.05, 4.69) is 4.90 Å². The Morgan fingerprint density at radius 3 is 2.82 bits per heavy atom. The van der Waals surface area contributed by atoms with Gasteiger partial charge in [-0.3, -0.25) is 0 Å². The molecule has 5 heteroatoms. The van der Waals surface area contributed by atoms with Crippen molar-refractivity contribution in [2.45, 2.75) is 18.9 Å². The van der Waals surface area contributed by atoms with Gasteiger partial charge in [0.05, 0.1) is 16.2 Å². The number of hydrogen-bond donors (Lipinski definition) is 2. The van der Waals surface area contributed by atoms with Gasteiger partial charge in [0, 0.05) is 18.8 Å². The zero-order valence-electron chi connectivity index (χ0n) is 9.61. The molecule has 92 valence electrons. The van der Waals surface area contributed by atoms with Crippen molar-refractivity contribution in [3.8, 4) is 0 Å². The summed E-state index contributed by atoms with van der Waals surface area (Å²) in [5.74, 6) is 0. The highest BCUT2D eigenvalue weighted by molar-refractivity contribution is 7.80. The molecule has 1 aliphatic heterocycles. The molecule has 0 amide bonds. The van der Waals surface area contributed by atoms with E-state index in [0.29, 0.717) is 17.1 Å². The highest BCUT2D eigenvalue weighted by Crippen LogP contribution is 2.32. The Morgan fingerprint density at radius 2 is 2.29 bits per heavy atom. The molecule has 0 radical (unpaired) electrons. The van der Waals surface area contributed by atoms with Crippen LogP contribution in [0.15, 0.2) is 18.2 Å². The molecule has 1 aliphatic rings. The number of nitrogens with two attached hydrogens (primary N) is 1. The van der Waals surface area contributed by atoms with Crippen molar-refractivity contribution in [2.24, 2.45) is 5.73 Å². The minimum absolute atomic E-state index is 0.289. The smallest absolute Gasteiger partial charge is 0.107 e. The van der Waals surface area contributed by atoms with Gasteiger partial charge < -0.3 is 15.7 Å². The molecular formula is C12H15ClN2OS. The Kier molecular flexibility index (Phi) is 3.30. The van der Waals surface area contributed by atoms with Gasteiger partial charge in [0.15, 0.2) is 0 Å². The first-order chi connectivity index (χ1) is 7.91. The molecule has 0 spiro atoms. The predicted octanol–water partition coefficient (Wildman–Crippen LogP) is 1.94. The van der Waals surface area contributed by atoms with Crippen molar-refractivity contribution in [1.29, 1.82) is 0 Å². The summed E-state index contributed by atoms with van der Waals surface area (Å²) in [5, 5.41) is 10.5. The molecule has 0 aromatic heterocycles. The van der Waals surface area contributed by atoms with Crippen LogP contribution >= 0.6 is 23.8 Å². The van der Waals surface area contributed by atoms with Gasteiger partial charge in [-0.2, -0.15) is 0 Å². The maximum Gasteiger partial charge on any atom is 0.107 e. The fraction of sp³-hybridized carbons (Fsp3) is 0.417. The summed E-state index contributed by atoms with van der Waals surface area (Å²) < 4.78 is 0. The number of anilines is 1. The van der Waals surface area contributed by atoms with Gasteiger partial charge >= 0.3 is 0 Å². The third kappa shape index (κ3) is 2.54. The number of nitrogens with zero attached hydrogens (tertiary/aromatic N) is 1. The molecular weight excluding hydrogens is 256 g/mol. The number of rotatable bonds is 2. The highest BCUT2D eigenvalue weighted by atomic mass is 35.5. The Hall–Kier alpha value is -0.840. The van der Waals surface area contributed by atoms with Crippen LogP contribution in [0.4, 0.5) is 5.69 Å². The van der Waals surface area contributed by atoms with Crippen LogP contribution in [0.25, 0.3) is 0 Å². The number of halogens is 1. The Balaban J connectivity index is 2.40. The minimum atomic E-state index is -0.657. The van der Waals surface area contributed by atoms with Crippen LogP contribution in [-0.2, 0) is 0 Å². The second-order valence-electron chi connectivity index (χ2n) is 4.67. The molecule has 0 aliphatic carbocycles. The van der Waals surface area contributed by atoms with Gasteiger partial charge in [0.1, 0.15) is 4.99 Å². The zero-order valence-corrected chi connectivity index (χ0v) is 11.2. The van der Waals surface area contributed by atoms with E-state index >= 15 is 0 Å². The average molecular weight is 271 g/mol. The van der Waals surface area contributed by atoms with Crippen molar-refractivity contribution < 1.29 is 5.11 Å². The van der Waals surface area contributed by atoms with Crippen molar-refractivity contribution in [1.82, 2.24) is 0 Å². The second-order valence-corrected chi connectivity index (χ2v) is 5.51. The van der Waals surface area contributed by atoms with Gasteiger partial charge in [-0.1, -0.05) is 29.9 Å². The summed E-state index contributed by atoms with van der Waals surface area (Å²) in [5.41, 5.74) is 6.65. The topological polar surface area (TPSA) is 49.5 Å². The van der Waals surface area contributed by atoms with Crippen LogP contribution in [0, 0.1) is 0 Å². The van der Waals surface area contributed by atoms with Gasteiger partial charge in [0.25, 0.3) is 0 Å². The number of β-amino-alcohol motifs (C(OH)–C–C–N with tert-alkyl or cyclic N) is 1. The van der Waals surface area contributed by atoms with Crippen LogP contribution in [0.1, 0.15) is 18.9 Å². The first-order valence-electron chi connectivity index (χ1n) is 5.46. The van der Waals surface area contributed by atoms with Crippen molar-refractivity contribution in [2.75, 3.05) is 18.0 Å². The fourth-order valence-corrected chi connectivity index (χ4v) is 2.71. The SMILES string of the molecule is CC1(O)CCN(c2cccc(Cl)c2C(N)=S)C1. The summed E-state index contributed by atoms with van der Waals surface area (Å²) in [6.07, 6.45) is 0.732. The van der Waals surface area contributed by atoms with Gasteiger partial charge in [-0.05, 0) is 25.5 Å². The van der Waals surface area contributed by atoms with Crippen LogP contribution in [0.2, 0.25) is 5.02 Å². The lowest BCUT2D eigenvalue weighted by Crippen LogP contribution is -2.30. The van der Waals surface area contributed by atoms with E-state index in [4.69, 9.17) is 29.6 Å². The summed E-state index contributed by atoms with van der Waals surface area (Å²) in [6, 6.07) is 5.57. The van der Waals surface area contributed by atoms with Crippen molar-refractivity contribution in [3.63, 3.8) is 0 Å². The monoisotopic (exact) mass is 270 g/mol. The van der Waals surface area contributed by atoms with E-state index < -0.39 is 5.60 Å². The van der Waals surface area contributed by atoms with E-state index in [-0.39, 0.29) is 4.99 Å². The molecule has 1 atom stereocenters. The highest BCUT2D eigenvalue weighted by Gasteiger charge is 2.32. The lowest BCUT2D eigenvalue weighted by molar-refractivity contribution is 0.0839. The summed E-state index contributed by atoms with van der Waals surface area (Å²) in [4.78, 5) is 2.36. The third-order valence-corrected chi connectivity index (χ3v) is 3.55. The van der Waals surface area contributed by atoms with Gasteiger partial charge in [-0.25, -0.2) is 0 Å². The lowest BCUT2D eigenvalue weighted by Gasteiger charge is -2.23. The van der Waals surface area contributed by atoms with Crippen LogP contribution in [0.5, 0.6) is 0 Å². The summed E-state index contributed by atoms with van der Waals surface area (Å²) in [6.45, 7) is 3.18. The average Bonchev–Trinajstić information content (AvgIpc) is 2.57. The first-order valence-corrected chi connectivity index (χ1v) is 6.25. The predicted molar refractivity (Wildman–Crippen MR) is 74.8 cm³/mol. The van der Waals surface area contributed by atoms with Crippen LogP contribution in [-0.4, -0.2) is 28.8 Å². The third-order valence-electron chi connectivity index (χ3n) is 3.03. The number of hydrogen-bond acceptors (Lipinski definition) is 3. The molecule has 17 heavy (non-hydrogen) atoms. The second kappa shape index (κ2) is 4.44. The van der Waals surface area contributed by atoms with E-state index in [1.165, 1.54) is 0 Å². The van der Waals surface area contributed by atoms with E-state index in [0.717, 1.165) is 18.7 Å². The first kappa shape index (κ1) is 12.6. The largest absolute Gasteiger partial charge is 0.389 e. The fourth-order valence-electron chi connectivity index (χ4n) is 2.17. The maximum atomic E-state index is 9.99. The Morgan fingerprint density at radius 1 is 1.59 bits per heavy atom. The summed E-state index contributed by atoms with van der Waals surface area (Å²) >= 11 is 11.2. The van der Waals surface area contributed by atoms with Crippen LogP contribution < -0.4 is 10.6 Å². The molecule has 1 heterocycles. The van der Waals surface area contributed by atoms with Gasteiger partial charge in [-0.15, -0.1) is 0 Å². The van der Waals surface area contributed by atoms with E-state index in [1.807, 2.05) is 19.1 Å². The number of thiocarbonyl (C=S) groups is 1. The molecule has 1 aromatic rings. The van der Waals surface area contributed by atoms with Crippen LogP contribution in [0.3, 0.4) is 0 Å². The lowest BCUT2D eigenvalue weighted by atomic mass is 10.1. The molecule has 3 nitrogen and oxygen atoms in total. The normalized spacial score (nSPS) is 24.1. The molecule has 0 saturated carbocycles. The number of benzene rings is 1. The quantitative estimate of drug-likeness (QED) is 0.807. The molecule has 1 unspecified atom stereocenters. The van der Waals surface area contributed by atoms with Crippen molar-refractivity contribution >= 4 is 34.5 Å². The molecule has 1 saturated heterocycles. The Labute approximate surface area is 111 Å². The molecule has 3 N–H and O–H groups in total. The van der Waals surface area contributed by atoms with Crippen molar-refractivity contribution in [3.05, 3.63) is 28.8 Å². The molecule has 0 bridgehead atoms. The molecule has 1 fully saturated rings. The van der Waals surface area contributed by atoms with Gasteiger partial charge in [0.2, 0.25) is 0 Å². The zero-order chi connectivity index (χ0) is 12.6. The van der Waals surface area contributed by atoms with E-state index in [1.54, 1.807) is 6.07 Å².